The highest BCUT2D eigenvalue weighted by atomic mass is 19.1. The van der Waals surface area contributed by atoms with Gasteiger partial charge in [-0.3, -0.25) is 4.79 Å². The number of benzene rings is 1. The zero-order valence-electron chi connectivity index (χ0n) is 10.4. The standard InChI is InChI=1S/C13H18FNO2/c1-9-6-11(14)5-4-10(9)7-13(2,8-15)12(16)17-3/h4-6H,7-8,15H2,1-3H3. The smallest absolute Gasteiger partial charge is 0.313 e. The van der Waals surface area contributed by atoms with Gasteiger partial charge in [-0.1, -0.05) is 6.07 Å². The summed E-state index contributed by atoms with van der Waals surface area (Å²) in [6.07, 6.45) is 0.447. The summed E-state index contributed by atoms with van der Waals surface area (Å²) >= 11 is 0. The topological polar surface area (TPSA) is 52.3 Å². The number of aryl methyl sites for hydroxylation is 1. The molecule has 0 aliphatic heterocycles. The van der Waals surface area contributed by atoms with Crippen LogP contribution < -0.4 is 5.73 Å². The van der Waals surface area contributed by atoms with E-state index in [-0.39, 0.29) is 18.3 Å². The van der Waals surface area contributed by atoms with Crippen molar-refractivity contribution in [3.63, 3.8) is 0 Å². The number of carbonyl (C=O) groups is 1. The molecular formula is C13H18FNO2. The van der Waals surface area contributed by atoms with Crippen molar-refractivity contribution in [2.24, 2.45) is 11.1 Å². The Morgan fingerprint density at radius 1 is 1.53 bits per heavy atom. The molecule has 4 heteroatoms. The van der Waals surface area contributed by atoms with Crippen molar-refractivity contribution in [3.05, 3.63) is 35.1 Å². The lowest BCUT2D eigenvalue weighted by atomic mass is 9.82. The molecule has 2 N–H and O–H groups in total. The Kier molecular flexibility index (Phi) is 4.23. The first-order chi connectivity index (χ1) is 7.92. The quantitative estimate of drug-likeness (QED) is 0.815. The van der Waals surface area contributed by atoms with E-state index in [9.17, 15) is 9.18 Å². The number of hydrogen-bond acceptors (Lipinski definition) is 3. The van der Waals surface area contributed by atoms with Gasteiger partial charge in [-0.15, -0.1) is 0 Å². The molecule has 3 nitrogen and oxygen atoms in total. The molecule has 0 amide bonds. The van der Waals surface area contributed by atoms with E-state index in [2.05, 4.69) is 0 Å². The lowest BCUT2D eigenvalue weighted by Crippen LogP contribution is -2.38. The van der Waals surface area contributed by atoms with Crippen molar-refractivity contribution in [2.75, 3.05) is 13.7 Å². The highest BCUT2D eigenvalue weighted by Crippen LogP contribution is 2.25. The number of halogens is 1. The number of hydrogen-bond donors (Lipinski definition) is 1. The van der Waals surface area contributed by atoms with Crippen LogP contribution in [0.5, 0.6) is 0 Å². The summed E-state index contributed by atoms with van der Waals surface area (Å²) in [4.78, 5) is 11.7. The third-order valence-corrected chi connectivity index (χ3v) is 3.01. The first-order valence-electron chi connectivity index (χ1n) is 5.46. The molecule has 0 saturated carbocycles. The predicted octanol–water partition coefficient (Wildman–Crippen LogP) is 1.81. The van der Waals surface area contributed by atoms with Crippen LogP contribution in [0.1, 0.15) is 18.1 Å². The lowest BCUT2D eigenvalue weighted by Gasteiger charge is -2.25. The average Bonchev–Trinajstić information content (AvgIpc) is 2.31. The summed E-state index contributed by atoms with van der Waals surface area (Å²) in [5.74, 6) is -0.623. The van der Waals surface area contributed by atoms with E-state index in [0.717, 1.165) is 11.1 Å². The second kappa shape index (κ2) is 5.27. The van der Waals surface area contributed by atoms with E-state index >= 15 is 0 Å². The normalized spacial score (nSPS) is 14.2. The molecule has 0 heterocycles. The molecule has 1 rings (SSSR count). The first kappa shape index (κ1) is 13.6. The summed E-state index contributed by atoms with van der Waals surface area (Å²) in [6.45, 7) is 3.75. The van der Waals surface area contributed by atoms with Crippen LogP contribution in [0.2, 0.25) is 0 Å². The predicted molar refractivity (Wildman–Crippen MR) is 64.0 cm³/mol. The fourth-order valence-corrected chi connectivity index (χ4v) is 1.75. The summed E-state index contributed by atoms with van der Waals surface area (Å²) in [5.41, 5.74) is 6.59. The molecule has 0 saturated heterocycles. The van der Waals surface area contributed by atoms with E-state index in [1.807, 2.05) is 6.92 Å². The maximum absolute atomic E-state index is 13.0. The maximum atomic E-state index is 13.0. The van der Waals surface area contributed by atoms with Gasteiger partial charge in [-0.05, 0) is 43.5 Å². The molecule has 94 valence electrons. The minimum Gasteiger partial charge on any atom is -0.469 e. The molecule has 1 atom stereocenters. The molecule has 0 bridgehead atoms. The highest BCUT2D eigenvalue weighted by molar-refractivity contribution is 5.77. The second-order valence-corrected chi connectivity index (χ2v) is 4.50. The number of ether oxygens (including phenoxy) is 1. The van der Waals surface area contributed by atoms with Gasteiger partial charge >= 0.3 is 5.97 Å². The molecule has 0 spiro atoms. The number of nitrogens with two attached hydrogens (primary N) is 1. The molecule has 0 radical (unpaired) electrons. The summed E-state index contributed by atoms with van der Waals surface area (Å²) < 4.78 is 17.7. The van der Waals surface area contributed by atoms with Crippen molar-refractivity contribution < 1.29 is 13.9 Å². The largest absolute Gasteiger partial charge is 0.469 e. The van der Waals surface area contributed by atoms with Crippen molar-refractivity contribution in [3.8, 4) is 0 Å². The number of esters is 1. The van der Waals surface area contributed by atoms with Gasteiger partial charge in [0.25, 0.3) is 0 Å². The molecule has 0 aromatic heterocycles. The molecule has 0 aliphatic carbocycles. The van der Waals surface area contributed by atoms with Gasteiger partial charge in [0.05, 0.1) is 12.5 Å². The Hall–Kier alpha value is -1.42. The van der Waals surface area contributed by atoms with Crippen LogP contribution in [0.25, 0.3) is 0 Å². The van der Waals surface area contributed by atoms with Gasteiger partial charge in [0.2, 0.25) is 0 Å². The van der Waals surface area contributed by atoms with Crippen LogP contribution in [0.4, 0.5) is 4.39 Å². The fourth-order valence-electron chi connectivity index (χ4n) is 1.75. The second-order valence-electron chi connectivity index (χ2n) is 4.50. The Bertz CT molecular complexity index is 420. The third-order valence-electron chi connectivity index (χ3n) is 3.01. The van der Waals surface area contributed by atoms with Crippen molar-refractivity contribution in [1.29, 1.82) is 0 Å². The minimum absolute atomic E-state index is 0.191. The van der Waals surface area contributed by atoms with Crippen LogP contribution in [-0.4, -0.2) is 19.6 Å². The number of methoxy groups -OCH3 is 1. The summed E-state index contributed by atoms with van der Waals surface area (Å²) in [5, 5.41) is 0. The first-order valence-corrected chi connectivity index (χ1v) is 5.46. The maximum Gasteiger partial charge on any atom is 0.313 e. The molecule has 1 aromatic carbocycles. The van der Waals surface area contributed by atoms with Crippen molar-refractivity contribution in [1.82, 2.24) is 0 Å². The van der Waals surface area contributed by atoms with Gasteiger partial charge in [-0.25, -0.2) is 4.39 Å². The zero-order chi connectivity index (χ0) is 13.1. The molecule has 1 aromatic rings. The Labute approximate surface area is 101 Å². The Morgan fingerprint density at radius 3 is 2.65 bits per heavy atom. The molecule has 17 heavy (non-hydrogen) atoms. The van der Waals surface area contributed by atoms with Gasteiger partial charge in [0.15, 0.2) is 0 Å². The zero-order valence-corrected chi connectivity index (χ0v) is 10.4. The summed E-state index contributed by atoms with van der Waals surface area (Å²) in [6, 6.07) is 4.52. The van der Waals surface area contributed by atoms with Crippen molar-refractivity contribution >= 4 is 5.97 Å². The van der Waals surface area contributed by atoms with Gasteiger partial charge in [-0.2, -0.15) is 0 Å². The van der Waals surface area contributed by atoms with Crippen LogP contribution >= 0.6 is 0 Å². The third kappa shape index (κ3) is 3.03. The van der Waals surface area contributed by atoms with Gasteiger partial charge in [0.1, 0.15) is 5.82 Å². The highest BCUT2D eigenvalue weighted by Gasteiger charge is 2.33. The van der Waals surface area contributed by atoms with Crippen LogP contribution in [0, 0.1) is 18.2 Å². The van der Waals surface area contributed by atoms with Crippen LogP contribution in [0.15, 0.2) is 18.2 Å². The Morgan fingerprint density at radius 2 is 2.18 bits per heavy atom. The van der Waals surface area contributed by atoms with Gasteiger partial charge in [0, 0.05) is 6.54 Å². The fraction of sp³-hybridized carbons (Fsp3) is 0.462. The number of rotatable bonds is 4. The summed E-state index contributed by atoms with van der Waals surface area (Å²) in [7, 11) is 1.34. The Balaban J connectivity index is 2.99. The molecule has 1 unspecified atom stereocenters. The van der Waals surface area contributed by atoms with Crippen LogP contribution in [-0.2, 0) is 16.0 Å². The van der Waals surface area contributed by atoms with E-state index in [4.69, 9.17) is 10.5 Å². The lowest BCUT2D eigenvalue weighted by molar-refractivity contribution is -0.151. The SMILES string of the molecule is COC(=O)C(C)(CN)Cc1ccc(F)cc1C. The van der Waals surface area contributed by atoms with E-state index in [1.54, 1.807) is 13.0 Å². The van der Waals surface area contributed by atoms with E-state index in [1.165, 1.54) is 19.2 Å². The van der Waals surface area contributed by atoms with E-state index in [0.29, 0.717) is 6.42 Å². The molecular weight excluding hydrogens is 221 g/mol. The van der Waals surface area contributed by atoms with Crippen molar-refractivity contribution in [2.45, 2.75) is 20.3 Å². The van der Waals surface area contributed by atoms with E-state index < -0.39 is 5.41 Å². The van der Waals surface area contributed by atoms with Crippen LogP contribution in [0.3, 0.4) is 0 Å². The molecule has 0 aliphatic rings. The molecule has 0 fully saturated rings. The minimum atomic E-state index is -0.767. The number of carbonyl (C=O) groups excluding carboxylic acids is 1. The average molecular weight is 239 g/mol. The van der Waals surface area contributed by atoms with Gasteiger partial charge < -0.3 is 10.5 Å². The monoisotopic (exact) mass is 239 g/mol.